The van der Waals surface area contributed by atoms with Crippen LogP contribution in [0.15, 0.2) is 30.8 Å². The molecule has 0 spiro atoms. The molecule has 160 valence electrons. The third-order valence-electron chi connectivity index (χ3n) is 5.33. The number of benzene rings is 1. The molecule has 1 aromatic carbocycles. The zero-order valence-corrected chi connectivity index (χ0v) is 17.5. The summed E-state index contributed by atoms with van der Waals surface area (Å²) in [6.45, 7) is 3.81. The maximum Gasteiger partial charge on any atom is 0.216 e. The normalized spacial score (nSPS) is 12.1. The van der Waals surface area contributed by atoms with Gasteiger partial charge in [-0.3, -0.25) is 0 Å². The zero-order valence-electron chi connectivity index (χ0n) is 17.5. The number of nitrogens with one attached hydrogen (secondary N) is 2. The summed E-state index contributed by atoms with van der Waals surface area (Å²) in [6.07, 6.45) is 11.8. The number of aromatic nitrogens is 6. The van der Waals surface area contributed by atoms with Gasteiger partial charge in [-0.2, -0.15) is 20.2 Å². The van der Waals surface area contributed by atoms with Crippen LogP contribution in [0.3, 0.4) is 0 Å². The summed E-state index contributed by atoms with van der Waals surface area (Å²) in [5, 5.41) is 13.8. The maximum absolute atomic E-state index is 5.76. The maximum atomic E-state index is 5.76. The van der Waals surface area contributed by atoms with Crippen LogP contribution < -0.4 is 11.5 Å². The summed E-state index contributed by atoms with van der Waals surface area (Å²) in [4.78, 5) is 8.52. The van der Waals surface area contributed by atoms with Crippen LogP contribution in [0.4, 0.5) is 11.9 Å². The highest BCUT2D eigenvalue weighted by Gasteiger charge is 2.17. The van der Waals surface area contributed by atoms with Gasteiger partial charge in [0.05, 0.1) is 0 Å². The van der Waals surface area contributed by atoms with Crippen molar-refractivity contribution >= 4 is 18.0 Å². The average Bonchev–Trinajstić information content (AvgIpc) is 3.37. The number of aryl methyl sites for hydroxylation is 1. The van der Waals surface area contributed by atoms with Crippen LogP contribution in [0.25, 0.3) is 6.08 Å². The second-order valence-electron chi connectivity index (χ2n) is 7.72. The van der Waals surface area contributed by atoms with Crippen molar-refractivity contribution in [2.24, 2.45) is 0 Å². The molecule has 0 amide bonds. The van der Waals surface area contributed by atoms with E-state index in [1.807, 2.05) is 6.08 Å². The third-order valence-corrected chi connectivity index (χ3v) is 5.33. The molecule has 0 saturated heterocycles. The molecule has 0 aliphatic carbocycles. The Morgan fingerprint density at radius 1 is 0.867 bits per heavy atom. The summed E-state index contributed by atoms with van der Waals surface area (Å²) in [5.74, 6) is 2.66. The largest absolute Gasteiger partial charge is 0.368 e. The van der Waals surface area contributed by atoms with Crippen LogP contribution in [0.2, 0.25) is 0 Å². The summed E-state index contributed by atoms with van der Waals surface area (Å²) in [5.41, 5.74) is 13.7. The van der Waals surface area contributed by atoms with Crippen molar-refractivity contribution in [2.45, 2.75) is 63.7 Å². The lowest BCUT2D eigenvalue weighted by molar-refractivity contribution is 0.518. The monoisotopic (exact) mass is 408 g/mol. The SMILES string of the molecule is C=Cc1ccc(CC(CCCCCCCCc2n[nH]c(N)n2)c2n[nH]c(N)n2)cc1. The second kappa shape index (κ2) is 11.1. The lowest BCUT2D eigenvalue weighted by atomic mass is 9.92. The first-order valence-electron chi connectivity index (χ1n) is 10.7. The van der Waals surface area contributed by atoms with Crippen molar-refractivity contribution in [1.82, 2.24) is 30.4 Å². The molecule has 0 radical (unpaired) electrons. The molecule has 2 heterocycles. The molecule has 30 heavy (non-hydrogen) atoms. The number of nitrogens with two attached hydrogens (primary N) is 2. The molecule has 1 atom stereocenters. The minimum absolute atomic E-state index is 0.268. The molecular formula is C22H32N8. The molecule has 0 bridgehead atoms. The lowest BCUT2D eigenvalue weighted by Crippen LogP contribution is -2.06. The van der Waals surface area contributed by atoms with Crippen LogP contribution in [0.1, 0.15) is 73.6 Å². The zero-order chi connectivity index (χ0) is 21.2. The highest BCUT2D eigenvalue weighted by atomic mass is 15.3. The van der Waals surface area contributed by atoms with Crippen molar-refractivity contribution < 1.29 is 0 Å². The molecule has 0 aliphatic rings. The van der Waals surface area contributed by atoms with Gasteiger partial charge in [-0.15, -0.1) is 0 Å². The summed E-state index contributed by atoms with van der Waals surface area (Å²) in [6, 6.07) is 8.50. The van der Waals surface area contributed by atoms with E-state index in [2.05, 4.69) is 61.2 Å². The van der Waals surface area contributed by atoms with E-state index in [0.29, 0.717) is 11.9 Å². The van der Waals surface area contributed by atoms with E-state index in [1.165, 1.54) is 31.2 Å². The lowest BCUT2D eigenvalue weighted by Gasteiger charge is -2.14. The first-order valence-corrected chi connectivity index (χ1v) is 10.7. The van der Waals surface area contributed by atoms with Crippen molar-refractivity contribution in [1.29, 1.82) is 0 Å². The highest BCUT2D eigenvalue weighted by Crippen LogP contribution is 2.25. The second-order valence-corrected chi connectivity index (χ2v) is 7.72. The summed E-state index contributed by atoms with van der Waals surface area (Å²) >= 11 is 0. The number of aromatic amines is 2. The van der Waals surface area contributed by atoms with Gasteiger partial charge in [-0.25, -0.2) is 10.2 Å². The van der Waals surface area contributed by atoms with Crippen LogP contribution in [0, 0.1) is 0 Å². The molecule has 6 N–H and O–H groups in total. The van der Waals surface area contributed by atoms with Gasteiger partial charge in [-0.1, -0.05) is 69.0 Å². The van der Waals surface area contributed by atoms with Crippen LogP contribution in [-0.2, 0) is 12.8 Å². The summed E-state index contributed by atoms with van der Waals surface area (Å²) < 4.78 is 0. The van der Waals surface area contributed by atoms with Gasteiger partial charge >= 0.3 is 0 Å². The van der Waals surface area contributed by atoms with E-state index >= 15 is 0 Å². The third kappa shape index (κ3) is 6.72. The van der Waals surface area contributed by atoms with Gasteiger partial charge in [-0.05, 0) is 30.4 Å². The molecule has 8 nitrogen and oxygen atoms in total. The first-order chi connectivity index (χ1) is 14.6. The Kier molecular flexibility index (Phi) is 8.00. The Morgan fingerprint density at radius 3 is 2.17 bits per heavy atom. The number of unbranched alkanes of at least 4 members (excludes halogenated alkanes) is 5. The number of nitrogens with zero attached hydrogens (tertiary/aromatic N) is 4. The van der Waals surface area contributed by atoms with Gasteiger partial charge in [0.15, 0.2) is 11.6 Å². The first kappa shape index (κ1) is 21.5. The van der Waals surface area contributed by atoms with Crippen LogP contribution in [0.5, 0.6) is 0 Å². The topological polar surface area (TPSA) is 135 Å². The predicted octanol–water partition coefficient (Wildman–Crippen LogP) is 4.03. The molecule has 3 aromatic rings. The molecule has 2 aromatic heterocycles. The quantitative estimate of drug-likeness (QED) is 0.315. The van der Waals surface area contributed by atoms with E-state index in [1.54, 1.807) is 0 Å². The van der Waals surface area contributed by atoms with Crippen molar-refractivity contribution in [3.63, 3.8) is 0 Å². The van der Waals surface area contributed by atoms with Gasteiger partial charge in [0.25, 0.3) is 0 Å². The minimum atomic E-state index is 0.268. The molecule has 1 unspecified atom stereocenters. The van der Waals surface area contributed by atoms with Crippen LogP contribution >= 0.6 is 0 Å². The summed E-state index contributed by atoms with van der Waals surface area (Å²) in [7, 11) is 0. The molecule has 0 saturated carbocycles. The van der Waals surface area contributed by atoms with E-state index in [-0.39, 0.29) is 5.92 Å². The van der Waals surface area contributed by atoms with Gasteiger partial charge in [0.1, 0.15) is 0 Å². The Hall–Kier alpha value is -3.16. The number of nitrogen functional groups attached to an aromatic ring is 2. The molecular weight excluding hydrogens is 376 g/mol. The Bertz CT molecular complexity index is 896. The number of hydrogen-bond donors (Lipinski definition) is 4. The Morgan fingerprint density at radius 2 is 1.53 bits per heavy atom. The van der Waals surface area contributed by atoms with Crippen molar-refractivity contribution in [3.05, 3.63) is 53.6 Å². The van der Waals surface area contributed by atoms with Crippen molar-refractivity contribution in [2.75, 3.05) is 11.5 Å². The smallest absolute Gasteiger partial charge is 0.216 e. The standard InChI is InChI=1S/C22H32N8/c1-2-16-11-13-17(14-12-16)15-18(20-26-22(24)30-28-20)9-7-5-3-4-6-8-10-19-25-21(23)29-27-19/h2,11-14,18H,1,3-10,15H2,(H3,23,25,27,29)(H3,24,26,28,30). The fraction of sp³-hybridized carbons (Fsp3) is 0.455. The fourth-order valence-corrected chi connectivity index (χ4v) is 3.67. The molecule has 3 rings (SSSR count). The van der Waals surface area contributed by atoms with Gasteiger partial charge < -0.3 is 11.5 Å². The Balaban J connectivity index is 1.39. The molecule has 0 aliphatic heterocycles. The van der Waals surface area contributed by atoms with E-state index < -0.39 is 0 Å². The average molecular weight is 409 g/mol. The number of anilines is 2. The minimum Gasteiger partial charge on any atom is -0.368 e. The fourth-order valence-electron chi connectivity index (χ4n) is 3.67. The van der Waals surface area contributed by atoms with Gasteiger partial charge in [0, 0.05) is 12.3 Å². The molecule has 8 heteroatoms. The highest BCUT2D eigenvalue weighted by molar-refractivity contribution is 5.47. The van der Waals surface area contributed by atoms with E-state index in [4.69, 9.17) is 11.5 Å². The van der Waals surface area contributed by atoms with E-state index in [0.717, 1.165) is 49.3 Å². The number of hydrogen-bond acceptors (Lipinski definition) is 6. The number of rotatable bonds is 13. The van der Waals surface area contributed by atoms with Crippen molar-refractivity contribution in [3.8, 4) is 0 Å². The predicted molar refractivity (Wildman–Crippen MR) is 121 cm³/mol. The molecule has 0 fully saturated rings. The number of H-pyrrole nitrogens is 2. The van der Waals surface area contributed by atoms with Gasteiger partial charge in [0.2, 0.25) is 11.9 Å². The van der Waals surface area contributed by atoms with E-state index in [9.17, 15) is 0 Å². The Labute approximate surface area is 177 Å². The van der Waals surface area contributed by atoms with Crippen LogP contribution in [-0.4, -0.2) is 30.4 Å².